The highest BCUT2D eigenvalue weighted by molar-refractivity contribution is 5.94. The number of rotatable bonds is 4. The van der Waals surface area contributed by atoms with E-state index >= 15 is 0 Å². The quantitative estimate of drug-likeness (QED) is 0.445. The lowest BCUT2D eigenvalue weighted by Crippen LogP contribution is -2.26. The second kappa shape index (κ2) is 8.84. The van der Waals surface area contributed by atoms with Crippen LogP contribution in [0, 0.1) is 24.2 Å². The summed E-state index contributed by atoms with van der Waals surface area (Å²) in [5.41, 5.74) is 6.44. The molecule has 5 heteroatoms. The number of aryl methyl sites for hydroxylation is 1. The predicted molar refractivity (Wildman–Crippen MR) is 139 cm³/mol. The minimum atomic E-state index is -0.541. The summed E-state index contributed by atoms with van der Waals surface area (Å²) in [5, 5.41) is 10.4. The molecule has 0 radical (unpaired) electrons. The molecule has 2 heterocycles. The molecule has 1 aliphatic carbocycles. The van der Waals surface area contributed by atoms with Gasteiger partial charge in [0.05, 0.1) is 17.1 Å². The highest BCUT2D eigenvalue weighted by atomic mass is 16.6. The third kappa shape index (κ3) is 4.73. The van der Waals surface area contributed by atoms with Crippen molar-refractivity contribution in [1.29, 1.82) is 5.26 Å². The van der Waals surface area contributed by atoms with Gasteiger partial charge in [0.25, 0.3) is 0 Å². The van der Waals surface area contributed by atoms with E-state index in [4.69, 9.17) is 4.74 Å². The fraction of sp³-hybridized carbons (Fsp3) is 0.467. The zero-order valence-corrected chi connectivity index (χ0v) is 21.5. The number of carbonyl (C=O) groups is 1. The maximum atomic E-state index is 13.0. The number of nitrogens with zero attached hydrogens (tertiary/aromatic N) is 3. The molecule has 1 saturated heterocycles. The lowest BCUT2D eigenvalue weighted by atomic mass is 9.82. The number of aromatic nitrogens is 1. The Labute approximate surface area is 208 Å². The van der Waals surface area contributed by atoms with Gasteiger partial charge in [-0.05, 0) is 106 Å². The van der Waals surface area contributed by atoms with Crippen LogP contribution in [-0.2, 0) is 11.2 Å². The summed E-state index contributed by atoms with van der Waals surface area (Å²) < 4.78 is 7.40. The van der Waals surface area contributed by atoms with Gasteiger partial charge in [0, 0.05) is 30.6 Å². The van der Waals surface area contributed by atoms with Crippen LogP contribution >= 0.6 is 0 Å². The van der Waals surface area contributed by atoms with E-state index in [0.717, 1.165) is 30.6 Å². The molecule has 0 unspecified atom stereocenters. The first-order valence-electron chi connectivity index (χ1n) is 12.7. The van der Waals surface area contributed by atoms with Gasteiger partial charge in [-0.1, -0.05) is 18.2 Å². The molecule has 0 spiro atoms. The molecule has 3 aromatic rings. The van der Waals surface area contributed by atoms with E-state index < -0.39 is 5.60 Å². The van der Waals surface area contributed by atoms with Crippen molar-refractivity contribution in [2.75, 3.05) is 20.1 Å². The predicted octanol–water partition coefficient (Wildman–Crippen LogP) is 6.37. The van der Waals surface area contributed by atoms with Crippen LogP contribution in [0.15, 0.2) is 42.6 Å². The summed E-state index contributed by atoms with van der Waals surface area (Å²) in [6.07, 6.45) is 5.03. The molecule has 1 saturated carbocycles. The lowest BCUT2D eigenvalue weighted by molar-refractivity contribution is 0.0544. The van der Waals surface area contributed by atoms with Gasteiger partial charge >= 0.3 is 6.09 Å². The standard InChI is InChI=1S/C30H35N3O2/c1-19-14-25(21-10-11-21)26(24-12-13-33(28(19)24)29(34)35-30(2,3)4)15-23-17-32(5)18-27(23)22-8-6-20(16-31)7-9-22/h6-9,12-14,21,23,27H,10-11,15,17-18H2,1-5H3/t23-,27+/m1/s1. The summed E-state index contributed by atoms with van der Waals surface area (Å²) in [6, 6.07) is 14.8. The topological polar surface area (TPSA) is 58.3 Å². The number of nitriles is 1. The lowest BCUT2D eigenvalue weighted by Gasteiger charge is -2.23. The summed E-state index contributed by atoms with van der Waals surface area (Å²) in [5.74, 6) is 1.52. The van der Waals surface area contributed by atoms with E-state index in [1.54, 1.807) is 4.57 Å². The Kier molecular flexibility index (Phi) is 5.97. The Bertz CT molecular complexity index is 1300. The smallest absolute Gasteiger partial charge is 0.418 e. The van der Waals surface area contributed by atoms with Crippen molar-refractivity contribution in [2.24, 2.45) is 5.92 Å². The highest BCUT2D eigenvalue weighted by Gasteiger charge is 2.35. The van der Waals surface area contributed by atoms with E-state index in [9.17, 15) is 10.1 Å². The van der Waals surface area contributed by atoms with Gasteiger partial charge in [-0.15, -0.1) is 0 Å². The minimum Gasteiger partial charge on any atom is -0.443 e. The number of likely N-dealkylation sites (N-methyl/N-ethyl adjacent to an activating group) is 1. The monoisotopic (exact) mass is 469 g/mol. The summed E-state index contributed by atoms with van der Waals surface area (Å²) in [7, 11) is 2.20. The largest absolute Gasteiger partial charge is 0.443 e. The van der Waals surface area contributed by atoms with Gasteiger partial charge in [-0.3, -0.25) is 4.57 Å². The van der Waals surface area contributed by atoms with Crippen LogP contribution in [0.1, 0.15) is 73.3 Å². The molecule has 2 fully saturated rings. The third-order valence-electron chi connectivity index (χ3n) is 7.47. The third-order valence-corrected chi connectivity index (χ3v) is 7.47. The fourth-order valence-electron chi connectivity index (χ4n) is 5.81. The number of ether oxygens (including phenoxy) is 1. The molecule has 0 bridgehead atoms. The molecular weight excluding hydrogens is 434 g/mol. The van der Waals surface area contributed by atoms with Crippen LogP contribution in [0.5, 0.6) is 0 Å². The zero-order chi connectivity index (χ0) is 24.9. The normalized spacial score (nSPS) is 20.8. The maximum Gasteiger partial charge on any atom is 0.418 e. The molecule has 5 nitrogen and oxygen atoms in total. The summed E-state index contributed by atoms with van der Waals surface area (Å²) in [4.78, 5) is 15.4. The Morgan fingerprint density at radius 2 is 1.86 bits per heavy atom. The van der Waals surface area contributed by atoms with Crippen LogP contribution in [-0.4, -0.2) is 41.3 Å². The zero-order valence-electron chi connectivity index (χ0n) is 21.5. The number of hydrogen-bond acceptors (Lipinski definition) is 4. The molecule has 1 aromatic heterocycles. The van der Waals surface area contributed by atoms with E-state index in [2.05, 4.69) is 49.2 Å². The minimum absolute atomic E-state index is 0.322. The van der Waals surface area contributed by atoms with Crippen LogP contribution in [0.4, 0.5) is 4.79 Å². The van der Waals surface area contributed by atoms with E-state index in [-0.39, 0.29) is 6.09 Å². The number of carbonyl (C=O) groups excluding carboxylic acids is 1. The molecule has 1 aliphatic heterocycles. The fourth-order valence-corrected chi connectivity index (χ4v) is 5.81. The maximum absolute atomic E-state index is 13.0. The van der Waals surface area contributed by atoms with Gasteiger partial charge in [0.2, 0.25) is 0 Å². The molecule has 2 atom stereocenters. The number of hydrogen-bond donors (Lipinski definition) is 0. The molecule has 2 aromatic carbocycles. The van der Waals surface area contributed by atoms with Crippen molar-refractivity contribution in [3.8, 4) is 6.07 Å². The van der Waals surface area contributed by atoms with Gasteiger partial charge < -0.3 is 9.64 Å². The summed E-state index contributed by atoms with van der Waals surface area (Å²) >= 11 is 0. The second-order valence-electron chi connectivity index (χ2n) is 11.5. The molecule has 35 heavy (non-hydrogen) atoms. The van der Waals surface area contributed by atoms with Crippen molar-refractivity contribution in [1.82, 2.24) is 9.47 Å². The van der Waals surface area contributed by atoms with Gasteiger partial charge in [0.15, 0.2) is 0 Å². The number of fused-ring (bicyclic) bond motifs is 1. The van der Waals surface area contributed by atoms with Crippen molar-refractivity contribution >= 4 is 17.0 Å². The van der Waals surface area contributed by atoms with Crippen LogP contribution in [0.2, 0.25) is 0 Å². The molecule has 2 aliphatic rings. The number of benzene rings is 2. The van der Waals surface area contributed by atoms with Crippen molar-refractivity contribution in [3.63, 3.8) is 0 Å². The first-order chi connectivity index (χ1) is 16.6. The van der Waals surface area contributed by atoms with Crippen LogP contribution in [0.3, 0.4) is 0 Å². The van der Waals surface area contributed by atoms with Gasteiger partial charge in [-0.2, -0.15) is 5.26 Å². The molecule has 0 amide bonds. The SMILES string of the molecule is Cc1cc(C2CC2)c(C[C@@H]2CN(C)C[C@H]2c2ccc(C#N)cc2)c2ccn(C(=O)OC(C)(C)C)c12. The van der Waals surface area contributed by atoms with E-state index in [1.807, 2.05) is 39.1 Å². The Morgan fingerprint density at radius 3 is 2.49 bits per heavy atom. The van der Waals surface area contributed by atoms with E-state index in [0.29, 0.717) is 23.3 Å². The van der Waals surface area contributed by atoms with E-state index in [1.165, 1.54) is 34.9 Å². The van der Waals surface area contributed by atoms with Gasteiger partial charge in [-0.25, -0.2) is 4.79 Å². The van der Waals surface area contributed by atoms with Gasteiger partial charge in [0.1, 0.15) is 5.60 Å². The van der Waals surface area contributed by atoms with Crippen LogP contribution in [0.25, 0.3) is 10.9 Å². The number of likely N-dealkylation sites (tertiary alicyclic amines) is 1. The van der Waals surface area contributed by atoms with Crippen molar-refractivity contribution < 1.29 is 9.53 Å². The Morgan fingerprint density at radius 1 is 1.14 bits per heavy atom. The first kappa shape index (κ1) is 23.6. The van der Waals surface area contributed by atoms with Crippen molar-refractivity contribution in [2.45, 2.75) is 64.4 Å². The van der Waals surface area contributed by atoms with Crippen LogP contribution < -0.4 is 0 Å². The molecular formula is C30H35N3O2. The first-order valence-corrected chi connectivity index (χ1v) is 12.7. The van der Waals surface area contributed by atoms with Crippen molar-refractivity contribution in [3.05, 3.63) is 70.4 Å². The average molecular weight is 470 g/mol. The average Bonchev–Trinajstić information content (AvgIpc) is 3.43. The second-order valence-corrected chi connectivity index (χ2v) is 11.5. The Balaban J connectivity index is 1.54. The molecule has 5 rings (SSSR count). The summed E-state index contributed by atoms with van der Waals surface area (Å²) in [6.45, 7) is 9.88. The Hall–Kier alpha value is -3.10. The highest BCUT2D eigenvalue weighted by Crippen LogP contribution is 2.46. The molecule has 182 valence electrons. The molecule has 0 N–H and O–H groups in total.